The van der Waals surface area contributed by atoms with Crippen LogP contribution in [0.1, 0.15) is 28.8 Å². The van der Waals surface area contributed by atoms with Gasteiger partial charge in [-0.3, -0.25) is 19.3 Å². The van der Waals surface area contributed by atoms with Gasteiger partial charge >= 0.3 is 6.09 Å². The molecule has 0 radical (unpaired) electrons. The van der Waals surface area contributed by atoms with Crippen molar-refractivity contribution in [2.45, 2.75) is 19.4 Å². The number of hydroxylamine groups is 2. The first-order chi connectivity index (χ1) is 15.4. The van der Waals surface area contributed by atoms with E-state index in [0.29, 0.717) is 74.7 Å². The molecule has 3 saturated heterocycles. The predicted molar refractivity (Wildman–Crippen MR) is 113 cm³/mol. The molecule has 3 heterocycles. The molecule has 0 aromatic heterocycles. The smallest absolute Gasteiger partial charge is 0.378 e. The number of benzene rings is 1. The number of hydrogen-bond donors (Lipinski definition) is 0. The van der Waals surface area contributed by atoms with Crippen LogP contribution in [0.25, 0.3) is 0 Å². The third-order valence-electron chi connectivity index (χ3n) is 5.81. The SMILES string of the molecule is O=C(ON1C(=O)CCC1=O)N1CCN(Cc2cccc(Cl)c2C(=O)N2CCOCC2)CC1. The molecule has 11 heteroatoms. The van der Waals surface area contributed by atoms with E-state index < -0.39 is 17.9 Å². The molecule has 0 saturated carbocycles. The van der Waals surface area contributed by atoms with E-state index in [1.165, 1.54) is 4.90 Å². The van der Waals surface area contributed by atoms with Gasteiger partial charge in [0.05, 0.1) is 23.8 Å². The predicted octanol–water partition coefficient (Wildman–Crippen LogP) is 1.13. The van der Waals surface area contributed by atoms with Crippen molar-refractivity contribution in [3.63, 3.8) is 0 Å². The van der Waals surface area contributed by atoms with Gasteiger partial charge in [-0.2, -0.15) is 0 Å². The summed E-state index contributed by atoms with van der Waals surface area (Å²) in [5, 5.41) is 0.977. The largest absolute Gasteiger partial charge is 0.434 e. The molecule has 172 valence electrons. The highest BCUT2D eigenvalue weighted by atomic mass is 35.5. The molecule has 0 atom stereocenters. The third-order valence-corrected chi connectivity index (χ3v) is 6.13. The Morgan fingerprint density at radius 1 is 0.938 bits per heavy atom. The number of morpholine rings is 1. The molecule has 1 aromatic rings. The Morgan fingerprint density at radius 2 is 1.59 bits per heavy atom. The molecule has 0 N–H and O–H groups in total. The maximum atomic E-state index is 13.1. The fourth-order valence-corrected chi connectivity index (χ4v) is 4.26. The molecule has 3 fully saturated rings. The zero-order valence-corrected chi connectivity index (χ0v) is 18.4. The lowest BCUT2D eigenvalue weighted by molar-refractivity contribution is -0.174. The van der Waals surface area contributed by atoms with Gasteiger partial charge in [0.15, 0.2) is 0 Å². The van der Waals surface area contributed by atoms with Crippen LogP contribution >= 0.6 is 11.6 Å². The van der Waals surface area contributed by atoms with Crippen molar-refractivity contribution in [3.05, 3.63) is 34.3 Å². The highest BCUT2D eigenvalue weighted by Crippen LogP contribution is 2.24. The monoisotopic (exact) mass is 464 g/mol. The van der Waals surface area contributed by atoms with E-state index in [4.69, 9.17) is 21.2 Å². The molecule has 10 nitrogen and oxygen atoms in total. The Balaban J connectivity index is 1.35. The van der Waals surface area contributed by atoms with Crippen LogP contribution in [0.3, 0.4) is 0 Å². The van der Waals surface area contributed by atoms with Crippen LogP contribution in [0.15, 0.2) is 18.2 Å². The van der Waals surface area contributed by atoms with Gasteiger partial charge in [0.25, 0.3) is 17.7 Å². The lowest BCUT2D eigenvalue weighted by Gasteiger charge is -2.35. The number of halogens is 1. The second-order valence-corrected chi connectivity index (χ2v) is 8.29. The molecule has 0 aliphatic carbocycles. The summed E-state index contributed by atoms with van der Waals surface area (Å²) in [4.78, 5) is 59.0. The van der Waals surface area contributed by atoms with Gasteiger partial charge in [-0.05, 0) is 11.6 Å². The topological polar surface area (TPSA) is 99.7 Å². The minimum absolute atomic E-state index is 0.0605. The molecule has 0 spiro atoms. The summed E-state index contributed by atoms with van der Waals surface area (Å²) in [6, 6.07) is 5.43. The van der Waals surface area contributed by atoms with Crippen molar-refractivity contribution in [1.29, 1.82) is 0 Å². The molecular formula is C21H25ClN4O6. The second-order valence-electron chi connectivity index (χ2n) is 7.88. The van der Waals surface area contributed by atoms with Crippen molar-refractivity contribution in [3.8, 4) is 0 Å². The summed E-state index contributed by atoms with van der Waals surface area (Å²) >= 11 is 6.40. The molecular weight excluding hydrogens is 440 g/mol. The van der Waals surface area contributed by atoms with Crippen LogP contribution in [0.2, 0.25) is 5.02 Å². The normalized spacial score (nSPS) is 20.1. The zero-order chi connectivity index (χ0) is 22.7. The van der Waals surface area contributed by atoms with Crippen molar-refractivity contribution in [2.24, 2.45) is 0 Å². The van der Waals surface area contributed by atoms with Crippen LogP contribution in [-0.2, 0) is 25.7 Å². The van der Waals surface area contributed by atoms with Crippen molar-refractivity contribution in [2.75, 3.05) is 52.5 Å². The lowest BCUT2D eigenvalue weighted by Crippen LogP contribution is -2.50. The Hall–Kier alpha value is -2.69. The molecule has 1 aromatic carbocycles. The number of piperazine rings is 1. The lowest BCUT2D eigenvalue weighted by atomic mass is 10.0. The Morgan fingerprint density at radius 3 is 2.25 bits per heavy atom. The van der Waals surface area contributed by atoms with E-state index in [2.05, 4.69) is 4.90 Å². The van der Waals surface area contributed by atoms with E-state index >= 15 is 0 Å². The molecule has 4 rings (SSSR count). The highest BCUT2D eigenvalue weighted by Gasteiger charge is 2.35. The number of hydrogen-bond acceptors (Lipinski definition) is 7. The van der Waals surface area contributed by atoms with Gasteiger partial charge in [-0.25, -0.2) is 4.79 Å². The Labute approximate surface area is 190 Å². The van der Waals surface area contributed by atoms with Crippen molar-refractivity contribution in [1.82, 2.24) is 19.8 Å². The van der Waals surface area contributed by atoms with E-state index in [0.717, 1.165) is 5.56 Å². The maximum absolute atomic E-state index is 13.1. The van der Waals surface area contributed by atoms with Crippen molar-refractivity contribution >= 4 is 35.4 Å². The van der Waals surface area contributed by atoms with Crippen LogP contribution in [-0.4, -0.2) is 96.1 Å². The second kappa shape index (κ2) is 9.85. The summed E-state index contributed by atoms with van der Waals surface area (Å²) in [7, 11) is 0. The first kappa shape index (κ1) is 22.5. The molecule has 0 bridgehead atoms. The number of ether oxygens (including phenoxy) is 1. The molecule has 3 aliphatic rings. The summed E-state index contributed by atoms with van der Waals surface area (Å²) in [5.74, 6) is -1.10. The van der Waals surface area contributed by atoms with Gasteiger partial charge < -0.3 is 19.4 Å². The van der Waals surface area contributed by atoms with E-state index in [9.17, 15) is 19.2 Å². The van der Waals surface area contributed by atoms with Crippen LogP contribution < -0.4 is 0 Å². The number of nitrogens with zero attached hydrogens (tertiary/aromatic N) is 4. The molecule has 0 unspecified atom stereocenters. The van der Waals surface area contributed by atoms with Gasteiger partial charge in [-0.1, -0.05) is 23.7 Å². The Kier molecular flexibility index (Phi) is 6.92. The van der Waals surface area contributed by atoms with Gasteiger partial charge in [0, 0.05) is 58.7 Å². The molecule has 4 amide bonds. The first-order valence-corrected chi connectivity index (χ1v) is 11.0. The number of amides is 4. The Bertz CT molecular complexity index is 896. The van der Waals surface area contributed by atoms with E-state index in [1.807, 2.05) is 12.1 Å². The molecule has 32 heavy (non-hydrogen) atoms. The summed E-state index contributed by atoms with van der Waals surface area (Å²) < 4.78 is 5.33. The average molecular weight is 465 g/mol. The maximum Gasteiger partial charge on any atom is 0.434 e. The van der Waals surface area contributed by atoms with Crippen LogP contribution in [0, 0.1) is 0 Å². The minimum atomic E-state index is -0.709. The fraction of sp³-hybridized carbons (Fsp3) is 0.524. The minimum Gasteiger partial charge on any atom is -0.378 e. The zero-order valence-electron chi connectivity index (χ0n) is 17.6. The number of rotatable bonds is 4. The standard InChI is InChI=1S/C21H25ClN4O6/c22-16-3-1-2-15(19(16)20(29)24-10-12-31-13-11-24)14-23-6-8-25(9-7-23)21(30)32-26-17(27)4-5-18(26)28/h1-3H,4-14H2. The number of carbonyl (C=O) groups excluding carboxylic acids is 4. The summed E-state index contributed by atoms with van der Waals surface area (Å²) in [5.41, 5.74) is 1.34. The quantitative estimate of drug-likeness (QED) is 0.616. The third kappa shape index (κ3) is 4.87. The summed E-state index contributed by atoms with van der Waals surface area (Å²) in [6.45, 7) is 4.46. The van der Waals surface area contributed by atoms with Gasteiger partial charge in [0.1, 0.15) is 0 Å². The number of imide groups is 1. The van der Waals surface area contributed by atoms with E-state index in [1.54, 1.807) is 11.0 Å². The van der Waals surface area contributed by atoms with Gasteiger partial charge in [-0.15, -0.1) is 5.06 Å². The summed E-state index contributed by atoms with van der Waals surface area (Å²) in [6.07, 6.45) is -0.588. The van der Waals surface area contributed by atoms with E-state index in [-0.39, 0.29) is 18.7 Å². The average Bonchev–Trinajstić information content (AvgIpc) is 3.12. The highest BCUT2D eigenvalue weighted by molar-refractivity contribution is 6.34. The van der Waals surface area contributed by atoms with Crippen LogP contribution in [0.4, 0.5) is 4.79 Å². The fourth-order valence-electron chi connectivity index (χ4n) is 3.99. The number of carbonyl (C=O) groups is 4. The van der Waals surface area contributed by atoms with Crippen LogP contribution in [0.5, 0.6) is 0 Å². The first-order valence-electron chi connectivity index (χ1n) is 10.6. The van der Waals surface area contributed by atoms with Gasteiger partial charge in [0.2, 0.25) is 0 Å². The van der Waals surface area contributed by atoms with Crippen molar-refractivity contribution < 1.29 is 28.8 Å². The molecule has 3 aliphatic heterocycles.